The van der Waals surface area contributed by atoms with Gasteiger partial charge in [-0.25, -0.2) is 9.59 Å². The number of ether oxygens (including phenoxy) is 1. The van der Waals surface area contributed by atoms with Gasteiger partial charge in [0.05, 0.1) is 12.2 Å². The van der Waals surface area contributed by atoms with Crippen LogP contribution in [0.1, 0.15) is 22.3 Å². The quantitative estimate of drug-likeness (QED) is 0.328. The summed E-state index contributed by atoms with van der Waals surface area (Å²) in [5.74, 6) is 1.21. The van der Waals surface area contributed by atoms with Crippen LogP contribution in [-0.4, -0.2) is 18.5 Å². The van der Waals surface area contributed by atoms with Crippen LogP contribution < -0.4 is 0 Å². The lowest BCUT2D eigenvalue weighted by molar-refractivity contribution is 0.0511. The molecule has 82 valence electrons. The third-order valence-corrected chi connectivity index (χ3v) is 1.95. The zero-order chi connectivity index (χ0) is 11.8. The number of esters is 1. The lowest BCUT2D eigenvalue weighted by Gasteiger charge is -2.05. The Morgan fingerprint density at radius 3 is 2.88 bits per heavy atom. The Bertz CT molecular complexity index is 429. The maximum absolute atomic E-state index is 11.6. The van der Waals surface area contributed by atoms with E-state index in [2.05, 4.69) is 6.58 Å². The van der Waals surface area contributed by atoms with Crippen molar-refractivity contribution < 1.29 is 14.3 Å². The van der Waals surface area contributed by atoms with Gasteiger partial charge in [-0.3, -0.25) is 0 Å². The van der Waals surface area contributed by atoms with Crippen molar-refractivity contribution in [2.75, 3.05) is 6.61 Å². The molecule has 3 nitrogen and oxygen atoms in total. The molecular weight excluding hydrogens is 204 g/mol. The van der Waals surface area contributed by atoms with Crippen molar-refractivity contribution in [3.8, 4) is 0 Å². The third-order valence-electron chi connectivity index (χ3n) is 1.95. The van der Waals surface area contributed by atoms with E-state index in [4.69, 9.17) is 4.74 Å². The van der Waals surface area contributed by atoms with Crippen molar-refractivity contribution in [3.05, 3.63) is 48.0 Å². The smallest absolute Gasteiger partial charge is 0.338 e. The standard InChI is InChI=1S/C13H12O3/c1-2-3-10-16-13(15)12-7-5-4-6-11(12)8-9-14/h2,4-8H,1,3,10H2. The monoisotopic (exact) mass is 216 g/mol. The second-order valence-corrected chi connectivity index (χ2v) is 3.06. The number of hydrogen-bond donors (Lipinski definition) is 0. The normalized spacial score (nSPS) is 9.00. The van der Waals surface area contributed by atoms with Gasteiger partial charge >= 0.3 is 5.97 Å². The highest BCUT2D eigenvalue weighted by molar-refractivity contribution is 5.95. The summed E-state index contributed by atoms with van der Waals surface area (Å²) in [4.78, 5) is 21.9. The molecule has 0 aliphatic heterocycles. The van der Waals surface area contributed by atoms with Crippen molar-refractivity contribution in [2.45, 2.75) is 6.42 Å². The van der Waals surface area contributed by atoms with Gasteiger partial charge in [-0.1, -0.05) is 24.3 Å². The van der Waals surface area contributed by atoms with Gasteiger partial charge in [0.15, 0.2) is 0 Å². The van der Waals surface area contributed by atoms with Crippen LogP contribution in [0.15, 0.2) is 36.9 Å². The highest BCUT2D eigenvalue weighted by atomic mass is 16.5. The molecule has 0 unspecified atom stereocenters. The summed E-state index contributed by atoms with van der Waals surface area (Å²) in [5.41, 5.74) is 0.885. The summed E-state index contributed by atoms with van der Waals surface area (Å²) >= 11 is 0. The maximum Gasteiger partial charge on any atom is 0.338 e. The molecule has 0 amide bonds. The van der Waals surface area contributed by atoms with E-state index >= 15 is 0 Å². The zero-order valence-electron chi connectivity index (χ0n) is 8.81. The van der Waals surface area contributed by atoms with Gasteiger partial charge in [0.1, 0.15) is 5.94 Å². The topological polar surface area (TPSA) is 43.4 Å². The fourth-order valence-electron chi connectivity index (χ4n) is 1.18. The predicted molar refractivity (Wildman–Crippen MR) is 61.7 cm³/mol. The Kier molecular flexibility index (Phi) is 4.77. The van der Waals surface area contributed by atoms with Crippen LogP contribution in [0.4, 0.5) is 0 Å². The van der Waals surface area contributed by atoms with E-state index < -0.39 is 5.97 Å². The first-order valence-corrected chi connectivity index (χ1v) is 4.87. The molecule has 0 bridgehead atoms. The van der Waals surface area contributed by atoms with Crippen LogP contribution in [0.2, 0.25) is 0 Å². The molecule has 0 aliphatic rings. The number of benzene rings is 1. The highest BCUT2D eigenvalue weighted by Crippen LogP contribution is 2.11. The second-order valence-electron chi connectivity index (χ2n) is 3.06. The van der Waals surface area contributed by atoms with E-state index in [1.807, 2.05) is 0 Å². The lowest BCUT2D eigenvalue weighted by Crippen LogP contribution is -2.07. The van der Waals surface area contributed by atoms with Crippen LogP contribution in [0, 0.1) is 0 Å². The molecule has 0 fully saturated rings. The summed E-state index contributed by atoms with van der Waals surface area (Å²) in [5, 5.41) is 0. The Morgan fingerprint density at radius 2 is 2.19 bits per heavy atom. The van der Waals surface area contributed by atoms with Gasteiger partial charge in [0.2, 0.25) is 0 Å². The Hall–Kier alpha value is -2.12. The Balaban J connectivity index is 2.81. The van der Waals surface area contributed by atoms with E-state index in [0.29, 0.717) is 24.2 Å². The molecule has 1 rings (SSSR count). The summed E-state index contributed by atoms with van der Waals surface area (Å²) < 4.78 is 5.00. The molecule has 0 spiro atoms. The first-order chi connectivity index (χ1) is 7.79. The highest BCUT2D eigenvalue weighted by Gasteiger charge is 2.09. The van der Waals surface area contributed by atoms with Crippen LogP contribution >= 0.6 is 0 Å². The van der Waals surface area contributed by atoms with Crippen molar-refractivity contribution >= 4 is 18.0 Å². The van der Waals surface area contributed by atoms with Gasteiger partial charge in [-0.2, -0.15) is 0 Å². The maximum atomic E-state index is 11.6. The lowest BCUT2D eigenvalue weighted by atomic mass is 10.1. The molecule has 0 atom stereocenters. The SMILES string of the molecule is C=CCCOC(=O)c1ccccc1C=C=O. The molecule has 1 aromatic carbocycles. The first kappa shape index (κ1) is 12.0. The minimum absolute atomic E-state index is 0.293. The van der Waals surface area contributed by atoms with Gasteiger partial charge in [-0.15, -0.1) is 6.58 Å². The average Bonchev–Trinajstić information content (AvgIpc) is 2.30. The molecule has 3 heteroatoms. The molecule has 0 saturated heterocycles. The molecule has 1 aromatic rings. The summed E-state index contributed by atoms with van der Waals surface area (Å²) in [6, 6.07) is 6.73. The van der Waals surface area contributed by atoms with E-state index in [0.717, 1.165) is 0 Å². The number of carbonyl (C=O) groups is 1. The average molecular weight is 216 g/mol. The molecule has 0 aliphatic carbocycles. The summed E-state index contributed by atoms with van der Waals surface area (Å²) in [6.07, 6.45) is 3.49. The number of carbonyl (C=O) groups excluding carboxylic acids is 2. The van der Waals surface area contributed by atoms with Crippen molar-refractivity contribution in [1.82, 2.24) is 0 Å². The van der Waals surface area contributed by atoms with Gasteiger partial charge < -0.3 is 4.74 Å². The first-order valence-electron chi connectivity index (χ1n) is 4.87. The number of hydrogen-bond acceptors (Lipinski definition) is 3. The van der Waals surface area contributed by atoms with Crippen LogP contribution in [-0.2, 0) is 9.53 Å². The molecule has 0 aromatic heterocycles. The fourth-order valence-corrected chi connectivity index (χ4v) is 1.18. The van der Waals surface area contributed by atoms with Gasteiger partial charge in [0.25, 0.3) is 0 Å². The summed E-state index contributed by atoms with van der Waals surface area (Å²) in [6.45, 7) is 3.82. The van der Waals surface area contributed by atoms with Crippen LogP contribution in [0.3, 0.4) is 0 Å². The molecule has 0 heterocycles. The molecule has 16 heavy (non-hydrogen) atoms. The molecule has 0 radical (unpaired) electrons. The van der Waals surface area contributed by atoms with E-state index in [1.165, 1.54) is 6.08 Å². The molecule has 0 saturated carbocycles. The largest absolute Gasteiger partial charge is 0.462 e. The van der Waals surface area contributed by atoms with Crippen molar-refractivity contribution in [1.29, 1.82) is 0 Å². The van der Waals surface area contributed by atoms with Crippen LogP contribution in [0.5, 0.6) is 0 Å². The Morgan fingerprint density at radius 1 is 1.44 bits per heavy atom. The Labute approximate surface area is 94.0 Å². The van der Waals surface area contributed by atoms with E-state index in [-0.39, 0.29) is 0 Å². The minimum Gasteiger partial charge on any atom is -0.462 e. The van der Waals surface area contributed by atoms with Crippen molar-refractivity contribution in [2.24, 2.45) is 0 Å². The minimum atomic E-state index is -0.441. The zero-order valence-corrected chi connectivity index (χ0v) is 8.81. The molecular formula is C13H12O3. The predicted octanol–water partition coefficient (Wildman–Crippen LogP) is 2.26. The fraction of sp³-hybridized carbons (Fsp3) is 0.154. The molecule has 0 N–H and O–H groups in total. The number of rotatable bonds is 5. The van der Waals surface area contributed by atoms with Crippen molar-refractivity contribution in [3.63, 3.8) is 0 Å². The van der Waals surface area contributed by atoms with Gasteiger partial charge in [0, 0.05) is 6.08 Å². The van der Waals surface area contributed by atoms with E-state index in [9.17, 15) is 9.59 Å². The van der Waals surface area contributed by atoms with E-state index in [1.54, 1.807) is 36.3 Å². The second kappa shape index (κ2) is 6.38. The third kappa shape index (κ3) is 3.23. The summed E-state index contributed by atoms with van der Waals surface area (Å²) in [7, 11) is 0. The van der Waals surface area contributed by atoms with Crippen LogP contribution in [0.25, 0.3) is 6.08 Å². The van der Waals surface area contributed by atoms with Gasteiger partial charge in [-0.05, 0) is 18.1 Å².